The normalized spacial score (nSPS) is 9.56. The van der Waals surface area contributed by atoms with Gasteiger partial charge >= 0.3 is 5.97 Å². The molecule has 0 unspecified atom stereocenters. The molecule has 0 radical (unpaired) electrons. The van der Waals surface area contributed by atoms with Gasteiger partial charge in [0, 0.05) is 6.20 Å². The summed E-state index contributed by atoms with van der Waals surface area (Å²) in [5, 5.41) is 8.89. The van der Waals surface area contributed by atoms with E-state index in [-0.39, 0.29) is 16.5 Å². The molecular formula is C13H7ClN2O2. The van der Waals surface area contributed by atoms with Gasteiger partial charge in [-0.1, -0.05) is 17.7 Å². The molecule has 88 valence electrons. The topological polar surface area (TPSA) is 63.0 Å². The number of carbonyl (C=O) groups is 1. The van der Waals surface area contributed by atoms with Gasteiger partial charge in [-0.05, 0) is 30.3 Å². The van der Waals surface area contributed by atoms with Gasteiger partial charge in [0.2, 0.25) is 0 Å². The van der Waals surface area contributed by atoms with E-state index in [2.05, 4.69) is 4.98 Å². The van der Waals surface area contributed by atoms with Gasteiger partial charge in [0.05, 0.1) is 16.7 Å². The van der Waals surface area contributed by atoms with E-state index in [1.807, 2.05) is 6.07 Å². The first kappa shape index (κ1) is 12.1. The average Bonchev–Trinajstić information content (AvgIpc) is 2.42. The van der Waals surface area contributed by atoms with Crippen molar-refractivity contribution in [2.24, 2.45) is 0 Å². The number of aromatic nitrogens is 1. The number of halogens is 1. The molecule has 5 heteroatoms. The molecule has 2 rings (SSSR count). The van der Waals surface area contributed by atoms with Crippen LogP contribution < -0.4 is 4.74 Å². The smallest absolute Gasteiger partial charge is 0.362 e. The van der Waals surface area contributed by atoms with E-state index in [4.69, 9.17) is 21.6 Å². The summed E-state index contributed by atoms with van der Waals surface area (Å²) >= 11 is 5.89. The highest BCUT2D eigenvalue weighted by atomic mass is 35.5. The van der Waals surface area contributed by atoms with Crippen LogP contribution in [0.2, 0.25) is 5.02 Å². The van der Waals surface area contributed by atoms with Crippen molar-refractivity contribution in [1.82, 2.24) is 4.98 Å². The minimum absolute atomic E-state index is 0.193. The molecule has 2 aromatic rings. The highest BCUT2D eigenvalue weighted by molar-refractivity contribution is 6.32. The summed E-state index contributed by atoms with van der Waals surface area (Å²) < 4.78 is 5.09. The Balaban J connectivity index is 2.20. The molecule has 0 bridgehead atoms. The van der Waals surface area contributed by atoms with Crippen LogP contribution >= 0.6 is 11.6 Å². The molecule has 18 heavy (non-hydrogen) atoms. The van der Waals surface area contributed by atoms with Gasteiger partial charge in [-0.2, -0.15) is 5.26 Å². The predicted octanol–water partition coefficient (Wildman–Crippen LogP) is 2.83. The van der Waals surface area contributed by atoms with Crippen LogP contribution in [0.3, 0.4) is 0 Å². The first-order valence-electron chi connectivity index (χ1n) is 5.03. The summed E-state index contributed by atoms with van der Waals surface area (Å²) in [7, 11) is 0. The maximum atomic E-state index is 11.7. The molecule has 0 N–H and O–H groups in total. The van der Waals surface area contributed by atoms with E-state index in [0.717, 1.165) is 0 Å². The minimum Gasteiger partial charge on any atom is -0.420 e. The number of rotatable bonds is 2. The molecule has 4 nitrogen and oxygen atoms in total. The molecule has 0 aliphatic rings. The van der Waals surface area contributed by atoms with E-state index < -0.39 is 5.97 Å². The summed E-state index contributed by atoms with van der Waals surface area (Å²) in [6, 6.07) is 11.3. The monoisotopic (exact) mass is 258 g/mol. The Labute approximate surface area is 108 Å². The van der Waals surface area contributed by atoms with Gasteiger partial charge in [-0.3, -0.25) is 0 Å². The van der Waals surface area contributed by atoms with Crippen LogP contribution in [0.5, 0.6) is 5.75 Å². The van der Waals surface area contributed by atoms with Crippen LogP contribution in [0.1, 0.15) is 16.1 Å². The Kier molecular flexibility index (Phi) is 3.56. The molecule has 1 aromatic heterocycles. The lowest BCUT2D eigenvalue weighted by Crippen LogP contribution is -2.10. The van der Waals surface area contributed by atoms with E-state index in [1.54, 1.807) is 18.2 Å². The first-order valence-corrected chi connectivity index (χ1v) is 5.41. The second kappa shape index (κ2) is 5.30. The van der Waals surface area contributed by atoms with Gasteiger partial charge in [0.15, 0.2) is 0 Å². The third kappa shape index (κ3) is 2.65. The third-order valence-electron chi connectivity index (χ3n) is 2.14. The average molecular weight is 259 g/mol. The Morgan fingerprint density at radius 3 is 2.78 bits per heavy atom. The largest absolute Gasteiger partial charge is 0.420 e. The maximum Gasteiger partial charge on any atom is 0.362 e. The molecule has 0 saturated heterocycles. The van der Waals surface area contributed by atoms with E-state index in [9.17, 15) is 4.79 Å². The Morgan fingerprint density at radius 1 is 1.33 bits per heavy atom. The zero-order valence-corrected chi connectivity index (χ0v) is 9.89. The lowest BCUT2D eigenvalue weighted by atomic mass is 10.2. The second-order valence-electron chi connectivity index (χ2n) is 3.36. The molecule has 1 aromatic carbocycles. The Bertz CT molecular complexity index is 621. The number of nitriles is 1. The number of esters is 1. The van der Waals surface area contributed by atoms with E-state index >= 15 is 0 Å². The molecule has 0 spiro atoms. The summed E-state index contributed by atoms with van der Waals surface area (Å²) in [5.74, 6) is -0.395. The molecular weight excluding hydrogens is 252 g/mol. The first-order chi connectivity index (χ1) is 8.70. The highest BCUT2D eigenvalue weighted by Crippen LogP contribution is 2.25. The fourth-order valence-corrected chi connectivity index (χ4v) is 1.51. The van der Waals surface area contributed by atoms with E-state index in [1.165, 1.54) is 24.4 Å². The number of carbonyl (C=O) groups excluding carboxylic acids is 1. The minimum atomic E-state index is -0.595. The van der Waals surface area contributed by atoms with Crippen molar-refractivity contribution in [3.8, 4) is 11.8 Å². The van der Waals surface area contributed by atoms with Crippen molar-refractivity contribution in [2.75, 3.05) is 0 Å². The van der Waals surface area contributed by atoms with Gasteiger partial charge < -0.3 is 4.74 Å². The molecule has 1 heterocycles. The number of pyridine rings is 1. The molecule has 0 aliphatic heterocycles. The van der Waals surface area contributed by atoms with Crippen LogP contribution in [0.4, 0.5) is 0 Å². The SMILES string of the molecule is N#Cc1ccc(OC(=O)c2ccccn2)c(Cl)c1. The van der Waals surface area contributed by atoms with Gasteiger partial charge in [0.1, 0.15) is 11.4 Å². The van der Waals surface area contributed by atoms with Crippen LogP contribution in [0.25, 0.3) is 0 Å². The fraction of sp³-hybridized carbons (Fsp3) is 0. The molecule has 0 aliphatic carbocycles. The number of hydrogen-bond donors (Lipinski definition) is 0. The zero-order valence-electron chi connectivity index (χ0n) is 9.13. The van der Waals surface area contributed by atoms with Crippen LogP contribution in [-0.2, 0) is 0 Å². The molecule has 0 saturated carbocycles. The van der Waals surface area contributed by atoms with Gasteiger partial charge in [-0.15, -0.1) is 0 Å². The molecule has 0 atom stereocenters. The third-order valence-corrected chi connectivity index (χ3v) is 2.43. The standard InChI is InChI=1S/C13H7ClN2O2/c14-10-7-9(8-15)4-5-12(10)18-13(17)11-3-1-2-6-16-11/h1-7H. The van der Waals surface area contributed by atoms with Crippen molar-refractivity contribution in [3.05, 3.63) is 58.9 Å². The Morgan fingerprint density at radius 2 is 2.17 bits per heavy atom. The van der Waals surface area contributed by atoms with Crippen molar-refractivity contribution >= 4 is 17.6 Å². The second-order valence-corrected chi connectivity index (χ2v) is 3.77. The van der Waals surface area contributed by atoms with Crippen LogP contribution in [0, 0.1) is 11.3 Å². The van der Waals surface area contributed by atoms with Crippen molar-refractivity contribution in [3.63, 3.8) is 0 Å². The maximum absolute atomic E-state index is 11.7. The summed E-state index contributed by atoms with van der Waals surface area (Å²) in [5.41, 5.74) is 0.593. The Hall–Kier alpha value is -2.38. The number of benzene rings is 1. The van der Waals surface area contributed by atoms with Crippen LogP contribution in [-0.4, -0.2) is 11.0 Å². The lowest BCUT2D eigenvalue weighted by molar-refractivity contribution is 0.0728. The summed E-state index contributed by atoms with van der Waals surface area (Å²) in [4.78, 5) is 15.6. The van der Waals surface area contributed by atoms with Crippen molar-refractivity contribution in [1.29, 1.82) is 5.26 Å². The van der Waals surface area contributed by atoms with Crippen molar-refractivity contribution < 1.29 is 9.53 Å². The summed E-state index contributed by atoms with van der Waals surface area (Å²) in [6.45, 7) is 0. The van der Waals surface area contributed by atoms with Gasteiger partial charge in [-0.25, -0.2) is 9.78 Å². The van der Waals surface area contributed by atoms with E-state index in [0.29, 0.717) is 5.56 Å². The van der Waals surface area contributed by atoms with Gasteiger partial charge in [0.25, 0.3) is 0 Å². The lowest BCUT2D eigenvalue weighted by Gasteiger charge is -2.05. The predicted molar refractivity (Wildman–Crippen MR) is 65.4 cm³/mol. The molecule has 0 fully saturated rings. The fourth-order valence-electron chi connectivity index (χ4n) is 1.29. The summed E-state index contributed by atoms with van der Waals surface area (Å²) in [6.07, 6.45) is 1.50. The highest BCUT2D eigenvalue weighted by Gasteiger charge is 2.12. The number of hydrogen-bond acceptors (Lipinski definition) is 4. The molecule has 0 amide bonds. The number of nitrogens with zero attached hydrogens (tertiary/aromatic N) is 2. The van der Waals surface area contributed by atoms with Crippen LogP contribution in [0.15, 0.2) is 42.6 Å². The quantitative estimate of drug-likeness (QED) is 0.614. The van der Waals surface area contributed by atoms with Crippen molar-refractivity contribution in [2.45, 2.75) is 0 Å². The zero-order chi connectivity index (χ0) is 13.0. The number of ether oxygens (including phenoxy) is 1.